The Morgan fingerprint density at radius 1 is 1.02 bits per heavy atom. The Labute approximate surface area is 264 Å². The van der Waals surface area contributed by atoms with Crippen molar-refractivity contribution in [3.63, 3.8) is 0 Å². The van der Waals surface area contributed by atoms with Crippen molar-refractivity contribution in [3.8, 4) is 11.5 Å². The van der Waals surface area contributed by atoms with Gasteiger partial charge < -0.3 is 30.2 Å². The molecule has 3 N–H and O–H groups in total. The second-order valence-corrected chi connectivity index (χ2v) is 12.4. The number of nitrogens with one attached hydrogen (secondary N) is 3. The van der Waals surface area contributed by atoms with Crippen molar-refractivity contribution in [2.75, 3.05) is 33.4 Å². The molecular weight excluding hydrogens is 578 g/mol. The Hall–Kier alpha value is -3.69. The average molecular weight is 620 g/mol. The molecule has 2 aromatic carbocycles. The molecule has 234 valence electrons. The van der Waals surface area contributed by atoms with Gasteiger partial charge in [0.25, 0.3) is 5.91 Å². The fourth-order valence-electron chi connectivity index (χ4n) is 6.32. The van der Waals surface area contributed by atoms with Gasteiger partial charge in [0.2, 0.25) is 6.23 Å². The monoisotopic (exact) mass is 619 g/mol. The van der Waals surface area contributed by atoms with Gasteiger partial charge in [-0.15, -0.1) is 0 Å². The van der Waals surface area contributed by atoms with Gasteiger partial charge in [-0.1, -0.05) is 43.0 Å². The third-order valence-electron chi connectivity index (χ3n) is 8.89. The van der Waals surface area contributed by atoms with E-state index in [1.807, 2.05) is 36.4 Å². The molecule has 2 aromatic rings. The largest absolute Gasteiger partial charge is 0.497 e. The molecule has 0 spiro atoms. The molecule has 1 atom stereocenters. The molecule has 1 amide bonds. The molecular formula is C34H42ClN5O4. The molecule has 0 bridgehead atoms. The fraction of sp³-hybridized carbons (Fsp3) is 0.471. The van der Waals surface area contributed by atoms with E-state index in [1.165, 1.54) is 37.7 Å². The highest BCUT2D eigenvalue weighted by Crippen LogP contribution is 2.38. The fourth-order valence-corrected chi connectivity index (χ4v) is 6.63. The first kappa shape index (κ1) is 30.3. The van der Waals surface area contributed by atoms with E-state index in [0.717, 1.165) is 61.7 Å². The van der Waals surface area contributed by atoms with Crippen LogP contribution in [0.1, 0.15) is 56.1 Å². The first-order chi connectivity index (χ1) is 21.6. The number of hydrogen-bond donors (Lipinski definition) is 3. The highest BCUT2D eigenvalue weighted by molar-refractivity contribution is 6.35. The van der Waals surface area contributed by atoms with Crippen molar-refractivity contribution < 1.29 is 19.0 Å². The molecule has 10 heteroatoms. The number of ether oxygens (including phenoxy) is 3. The second kappa shape index (κ2) is 14.4. The molecule has 9 nitrogen and oxygen atoms in total. The average Bonchev–Trinajstić information content (AvgIpc) is 3.54. The lowest BCUT2D eigenvalue weighted by molar-refractivity contribution is -0.123. The van der Waals surface area contributed by atoms with Crippen molar-refractivity contribution in [1.29, 1.82) is 0 Å². The maximum absolute atomic E-state index is 12.3. The Kier molecular flexibility index (Phi) is 9.93. The molecule has 3 heterocycles. The van der Waals surface area contributed by atoms with E-state index in [1.54, 1.807) is 13.4 Å². The number of carbonyl (C=O) groups is 1. The van der Waals surface area contributed by atoms with Crippen LogP contribution >= 0.6 is 11.6 Å². The molecule has 44 heavy (non-hydrogen) atoms. The maximum atomic E-state index is 12.3. The molecule has 3 aliphatic heterocycles. The zero-order chi connectivity index (χ0) is 30.3. The van der Waals surface area contributed by atoms with Gasteiger partial charge in [-0.3, -0.25) is 9.69 Å². The van der Waals surface area contributed by atoms with Crippen LogP contribution in [0.4, 0.5) is 0 Å². The van der Waals surface area contributed by atoms with Crippen LogP contribution in [-0.4, -0.2) is 62.8 Å². The van der Waals surface area contributed by atoms with Gasteiger partial charge in [-0.05, 0) is 73.6 Å². The molecule has 0 radical (unpaired) electrons. The molecule has 6 rings (SSSR count). The number of halogens is 1. The molecule has 0 aromatic heterocycles. The number of piperidine rings is 1. The minimum absolute atomic E-state index is 0.00639. The Bertz CT molecular complexity index is 1380. The number of rotatable bonds is 11. The molecule has 1 unspecified atom stereocenters. The zero-order valence-electron chi connectivity index (χ0n) is 25.3. The van der Waals surface area contributed by atoms with Crippen LogP contribution in [0.3, 0.4) is 0 Å². The van der Waals surface area contributed by atoms with Gasteiger partial charge in [0.05, 0.1) is 19.1 Å². The molecule has 1 saturated heterocycles. The lowest BCUT2D eigenvalue weighted by atomic mass is 9.89. The number of hydrogen-bond acceptors (Lipinski definition) is 8. The number of benzene rings is 2. The van der Waals surface area contributed by atoms with Crippen molar-refractivity contribution >= 4 is 29.6 Å². The minimum Gasteiger partial charge on any atom is -0.497 e. The highest BCUT2D eigenvalue weighted by atomic mass is 35.5. The van der Waals surface area contributed by atoms with E-state index in [0.29, 0.717) is 22.5 Å². The van der Waals surface area contributed by atoms with Crippen molar-refractivity contribution in [1.82, 2.24) is 20.9 Å². The SMILES string of the molecule is COc1ccc(CN2CCC(NC3=C4NC=NC4OC(c4ccc(OCC(=O)NCC5CCCCC5)cc4)=C3Cl)CC2)cc1. The number of amides is 1. The number of nitrogens with zero attached hydrogens (tertiary/aromatic N) is 2. The molecule has 2 fully saturated rings. The van der Waals surface area contributed by atoms with Crippen LogP contribution in [0, 0.1) is 5.92 Å². The zero-order valence-corrected chi connectivity index (χ0v) is 26.1. The predicted octanol–water partition coefficient (Wildman–Crippen LogP) is 5.13. The number of allylic oxidation sites excluding steroid dienone is 1. The van der Waals surface area contributed by atoms with Crippen molar-refractivity contribution in [2.24, 2.45) is 10.9 Å². The second-order valence-electron chi connectivity index (χ2n) is 12.0. The summed E-state index contributed by atoms with van der Waals surface area (Å²) in [5.41, 5.74) is 3.77. The number of carbonyl (C=O) groups excluding carboxylic acids is 1. The van der Waals surface area contributed by atoms with Crippen LogP contribution in [0.15, 0.2) is 69.9 Å². The van der Waals surface area contributed by atoms with Crippen LogP contribution in [0.5, 0.6) is 11.5 Å². The van der Waals surface area contributed by atoms with Gasteiger partial charge >= 0.3 is 0 Å². The van der Waals surface area contributed by atoms with E-state index in [4.69, 9.17) is 25.8 Å². The van der Waals surface area contributed by atoms with Crippen LogP contribution < -0.4 is 25.4 Å². The highest BCUT2D eigenvalue weighted by Gasteiger charge is 2.34. The molecule has 1 aliphatic carbocycles. The van der Waals surface area contributed by atoms with Crippen molar-refractivity contribution in [3.05, 3.63) is 76.1 Å². The smallest absolute Gasteiger partial charge is 0.257 e. The number of methoxy groups -OCH3 is 1. The summed E-state index contributed by atoms with van der Waals surface area (Å²) in [5, 5.41) is 10.5. The predicted molar refractivity (Wildman–Crippen MR) is 172 cm³/mol. The Balaban J connectivity index is 1.04. The summed E-state index contributed by atoms with van der Waals surface area (Å²) in [7, 11) is 1.69. The standard InChI is InChI=1S/C34H42ClN5O4/c1-42-27-11-7-24(8-12-27)20-40-17-15-26(16-18-40)39-31-30(35)33(44-34-32(31)37-22-38-34)25-9-13-28(14-10-25)43-21-29(41)36-19-23-5-3-2-4-6-23/h7-14,22-23,26,34,39H,2-6,15-21H2,1H3,(H,36,41)(H,37,38). The quantitative estimate of drug-likeness (QED) is 0.321. The summed E-state index contributed by atoms with van der Waals surface area (Å²) in [4.78, 5) is 19.3. The van der Waals surface area contributed by atoms with Gasteiger partial charge in [0.15, 0.2) is 12.4 Å². The minimum atomic E-state index is -0.478. The van der Waals surface area contributed by atoms with Gasteiger partial charge in [0, 0.05) is 37.8 Å². The van der Waals surface area contributed by atoms with E-state index in [9.17, 15) is 4.79 Å². The summed E-state index contributed by atoms with van der Waals surface area (Å²) in [6, 6.07) is 16.0. The van der Waals surface area contributed by atoms with E-state index in [-0.39, 0.29) is 18.6 Å². The Morgan fingerprint density at radius 2 is 1.75 bits per heavy atom. The van der Waals surface area contributed by atoms with Crippen LogP contribution in [0.25, 0.3) is 5.76 Å². The van der Waals surface area contributed by atoms with Crippen molar-refractivity contribution in [2.45, 2.75) is 63.8 Å². The summed E-state index contributed by atoms with van der Waals surface area (Å²) >= 11 is 7.00. The first-order valence-corrected chi connectivity index (χ1v) is 16.1. The van der Waals surface area contributed by atoms with Crippen LogP contribution in [0.2, 0.25) is 0 Å². The summed E-state index contributed by atoms with van der Waals surface area (Å²) in [5.74, 6) is 2.56. The number of likely N-dealkylation sites (tertiary alicyclic amines) is 1. The first-order valence-electron chi connectivity index (χ1n) is 15.8. The topological polar surface area (TPSA) is 96.5 Å². The maximum Gasteiger partial charge on any atom is 0.257 e. The van der Waals surface area contributed by atoms with Gasteiger partial charge in [-0.25, -0.2) is 4.99 Å². The van der Waals surface area contributed by atoms with E-state index < -0.39 is 6.23 Å². The lowest BCUT2D eigenvalue weighted by Gasteiger charge is -2.35. The normalized spacial score (nSPS) is 21.0. The van der Waals surface area contributed by atoms with E-state index in [2.05, 4.69) is 38.0 Å². The third kappa shape index (κ3) is 7.50. The molecule has 4 aliphatic rings. The summed E-state index contributed by atoms with van der Waals surface area (Å²) in [6.07, 6.45) is 9.40. The van der Waals surface area contributed by atoms with Gasteiger partial charge in [-0.2, -0.15) is 0 Å². The summed E-state index contributed by atoms with van der Waals surface area (Å²) < 4.78 is 17.3. The third-order valence-corrected chi connectivity index (χ3v) is 9.26. The van der Waals surface area contributed by atoms with Gasteiger partial charge in [0.1, 0.15) is 22.2 Å². The molecule has 1 saturated carbocycles. The van der Waals surface area contributed by atoms with E-state index >= 15 is 0 Å². The number of aliphatic imine (C=N–C) groups is 1. The lowest BCUT2D eigenvalue weighted by Crippen LogP contribution is -2.43. The van der Waals surface area contributed by atoms with Crippen LogP contribution in [-0.2, 0) is 16.1 Å². The summed E-state index contributed by atoms with van der Waals surface area (Å²) in [6.45, 7) is 3.63. The number of fused-ring (bicyclic) bond motifs is 1. The Morgan fingerprint density at radius 3 is 2.48 bits per heavy atom.